The van der Waals surface area contributed by atoms with Gasteiger partial charge in [0.25, 0.3) is 0 Å². The minimum Gasteiger partial charge on any atom is -0.391 e. The molecule has 1 aliphatic rings. The zero-order valence-corrected chi connectivity index (χ0v) is 7.05. The maximum atomic E-state index is 7.35. The van der Waals surface area contributed by atoms with Gasteiger partial charge in [0.05, 0.1) is 0 Å². The summed E-state index contributed by atoms with van der Waals surface area (Å²) in [6, 6.07) is 0. The van der Waals surface area contributed by atoms with Gasteiger partial charge in [-0.3, -0.25) is 5.41 Å². The average Bonchev–Trinajstić information content (AvgIpc) is 2.02. The van der Waals surface area contributed by atoms with E-state index in [0.29, 0.717) is 0 Å². The number of nitrogens with two attached hydrogens (primary N) is 1. The van der Waals surface area contributed by atoms with Gasteiger partial charge in [-0.25, -0.2) is 0 Å². The monoisotopic (exact) mass is 166 g/mol. The van der Waals surface area contributed by atoms with E-state index >= 15 is 0 Å². The molecule has 0 saturated heterocycles. The molecule has 0 amide bonds. The van der Waals surface area contributed by atoms with Crippen molar-refractivity contribution in [3.05, 3.63) is 23.8 Å². The lowest BCUT2D eigenvalue weighted by molar-refractivity contribution is 0.317. The predicted molar refractivity (Wildman–Crippen MR) is 48.7 cm³/mol. The van der Waals surface area contributed by atoms with Gasteiger partial charge >= 0.3 is 0 Å². The molecule has 0 fully saturated rings. The van der Waals surface area contributed by atoms with Crippen LogP contribution in [-0.2, 0) is 4.84 Å². The van der Waals surface area contributed by atoms with Crippen LogP contribution in [0.1, 0.15) is 25.7 Å². The number of rotatable bonds is 1. The fourth-order valence-corrected chi connectivity index (χ4v) is 1.21. The Hall–Kier alpha value is -1.09. The molecule has 12 heavy (non-hydrogen) atoms. The third-order valence-corrected chi connectivity index (χ3v) is 1.91. The third kappa shape index (κ3) is 2.51. The van der Waals surface area contributed by atoms with Crippen molar-refractivity contribution in [2.75, 3.05) is 0 Å². The van der Waals surface area contributed by atoms with E-state index < -0.39 is 0 Å². The topological polar surface area (TPSA) is 59.1 Å². The van der Waals surface area contributed by atoms with Crippen LogP contribution >= 0.6 is 0 Å². The molecule has 66 valence electrons. The van der Waals surface area contributed by atoms with E-state index in [9.17, 15) is 0 Å². The van der Waals surface area contributed by atoms with E-state index in [1.165, 1.54) is 6.42 Å². The van der Waals surface area contributed by atoms with E-state index in [4.69, 9.17) is 11.3 Å². The number of hydrogen-bond donors (Lipinski definition) is 2. The second kappa shape index (κ2) is 4.72. The fraction of sp³-hybridized carbons (Fsp3) is 0.444. The highest BCUT2D eigenvalue weighted by atomic mass is 16.6. The Kier molecular flexibility index (Phi) is 3.54. The molecule has 0 radical (unpaired) electrons. The first-order chi connectivity index (χ1) is 5.84. The van der Waals surface area contributed by atoms with Gasteiger partial charge in [-0.05, 0) is 25.7 Å². The van der Waals surface area contributed by atoms with Crippen molar-refractivity contribution in [1.29, 1.82) is 5.41 Å². The van der Waals surface area contributed by atoms with Gasteiger partial charge in [-0.1, -0.05) is 18.2 Å². The van der Waals surface area contributed by atoms with Crippen molar-refractivity contribution in [3.63, 3.8) is 0 Å². The van der Waals surface area contributed by atoms with Gasteiger partial charge in [0, 0.05) is 5.57 Å². The molecule has 0 unspecified atom stereocenters. The van der Waals surface area contributed by atoms with Crippen LogP contribution in [0.15, 0.2) is 23.8 Å². The largest absolute Gasteiger partial charge is 0.391 e. The van der Waals surface area contributed by atoms with E-state index in [2.05, 4.69) is 10.9 Å². The molecule has 0 heterocycles. The SMILES string of the molecule is N=C(ON)/C1=C\C=C/CCCC1. The molecule has 1 rings (SSSR count). The van der Waals surface area contributed by atoms with E-state index in [-0.39, 0.29) is 5.90 Å². The van der Waals surface area contributed by atoms with Crippen molar-refractivity contribution in [2.24, 2.45) is 5.90 Å². The molecule has 0 aromatic rings. The molecule has 0 saturated carbocycles. The standard InChI is InChI=1S/C9H14N2O/c10-9(12-11)8-6-4-2-1-3-5-7-8/h2,4,6,10H,1,3,5,7,11H2/b4-2-,8-6-,10-9?. The molecular formula is C9H14N2O. The highest BCUT2D eigenvalue weighted by Crippen LogP contribution is 2.13. The fourth-order valence-electron chi connectivity index (χ4n) is 1.21. The lowest BCUT2D eigenvalue weighted by Crippen LogP contribution is -2.11. The zero-order valence-electron chi connectivity index (χ0n) is 7.05. The molecule has 3 nitrogen and oxygen atoms in total. The zero-order chi connectivity index (χ0) is 8.81. The summed E-state index contributed by atoms with van der Waals surface area (Å²) in [6.45, 7) is 0. The van der Waals surface area contributed by atoms with E-state index in [1.54, 1.807) is 0 Å². The lowest BCUT2D eigenvalue weighted by Gasteiger charge is -2.07. The van der Waals surface area contributed by atoms with Crippen LogP contribution in [-0.4, -0.2) is 5.90 Å². The smallest absolute Gasteiger partial charge is 0.233 e. The maximum Gasteiger partial charge on any atom is 0.233 e. The summed E-state index contributed by atoms with van der Waals surface area (Å²) < 4.78 is 0. The molecule has 0 bridgehead atoms. The quantitative estimate of drug-likeness (QED) is 0.355. The highest BCUT2D eigenvalue weighted by molar-refractivity contribution is 5.90. The maximum absolute atomic E-state index is 7.35. The van der Waals surface area contributed by atoms with Gasteiger partial charge in [0.15, 0.2) is 0 Å². The Bertz CT molecular complexity index is 219. The summed E-state index contributed by atoms with van der Waals surface area (Å²) in [5.41, 5.74) is 0.883. The molecule has 0 aromatic heterocycles. The average molecular weight is 166 g/mol. The Labute approximate surface area is 72.4 Å². The summed E-state index contributed by atoms with van der Waals surface area (Å²) in [7, 11) is 0. The van der Waals surface area contributed by atoms with Crippen molar-refractivity contribution in [3.8, 4) is 0 Å². The van der Waals surface area contributed by atoms with Crippen molar-refractivity contribution in [1.82, 2.24) is 0 Å². The van der Waals surface area contributed by atoms with Gasteiger partial charge in [0.2, 0.25) is 5.90 Å². The summed E-state index contributed by atoms with van der Waals surface area (Å²) >= 11 is 0. The molecular weight excluding hydrogens is 152 g/mol. The summed E-state index contributed by atoms with van der Waals surface area (Å²) in [5.74, 6) is 4.99. The van der Waals surface area contributed by atoms with Crippen LogP contribution in [0.5, 0.6) is 0 Å². The van der Waals surface area contributed by atoms with Crippen molar-refractivity contribution >= 4 is 5.90 Å². The Balaban J connectivity index is 2.64. The Morgan fingerprint density at radius 3 is 3.08 bits per heavy atom. The van der Waals surface area contributed by atoms with Crippen LogP contribution in [0, 0.1) is 5.41 Å². The van der Waals surface area contributed by atoms with Crippen LogP contribution in [0.25, 0.3) is 0 Å². The first kappa shape index (κ1) is 9.00. The molecule has 0 spiro atoms. The molecule has 3 N–H and O–H groups in total. The third-order valence-electron chi connectivity index (χ3n) is 1.91. The van der Waals surface area contributed by atoms with Crippen molar-refractivity contribution < 1.29 is 4.84 Å². The van der Waals surface area contributed by atoms with Crippen LogP contribution in [0.3, 0.4) is 0 Å². The minimum absolute atomic E-state index is 0.0848. The Morgan fingerprint density at radius 1 is 1.50 bits per heavy atom. The number of nitrogens with one attached hydrogen (secondary N) is 1. The molecule has 0 atom stereocenters. The Morgan fingerprint density at radius 2 is 2.33 bits per heavy atom. The molecule has 3 heteroatoms. The van der Waals surface area contributed by atoms with Crippen LogP contribution in [0.2, 0.25) is 0 Å². The minimum atomic E-state index is 0.0848. The normalized spacial score (nSPS) is 24.6. The molecule has 0 aliphatic heterocycles. The molecule has 0 aromatic carbocycles. The number of allylic oxidation sites excluding steroid dienone is 3. The summed E-state index contributed by atoms with van der Waals surface area (Å²) in [5, 5.41) is 7.35. The van der Waals surface area contributed by atoms with Gasteiger partial charge < -0.3 is 4.84 Å². The highest BCUT2D eigenvalue weighted by Gasteiger charge is 2.05. The van der Waals surface area contributed by atoms with Crippen molar-refractivity contribution in [2.45, 2.75) is 25.7 Å². The van der Waals surface area contributed by atoms with E-state index in [1.807, 2.05) is 12.2 Å². The first-order valence-corrected chi connectivity index (χ1v) is 4.16. The second-order valence-electron chi connectivity index (χ2n) is 2.81. The lowest BCUT2D eigenvalue weighted by atomic mass is 10.0. The van der Waals surface area contributed by atoms with Gasteiger partial charge in [-0.2, -0.15) is 5.90 Å². The molecule has 1 aliphatic carbocycles. The second-order valence-corrected chi connectivity index (χ2v) is 2.81. The van der Waals surface area contributed by atoms with Crippen LogP contribution < -0.4 is 5.90 Å². The summed E-state index contributed by atoms with van der Waals surface area (Å²) in [4.78, 5) is 4.37. The first-order valence-electron chi connectivity index (χ1n) is 4.16. The number of hydrogen-bond acceptors (Lipinski definition) is 3. The summed E-state index contributed by atoms with van der Waals surface area (Å²) in [6.07, 6.45) is 10.2. The van der Waals surface area contributed by atoms with Gasteiger partial charge in [0.1, 0.15) is 0 Å². The predicted octanol–water partition coefficient (Wildman–Crippen LogP) is 1.91. The van der Waals surface area contributed by atoms with Gasteiger partial charge in [-0.15, -0.1) is 0 Å². The van der Waals surface area contributed by atoms with Crippen LogP contribution in [0.4, 0.5) is 0 Å². The van der Waals surface area contributed by atoms with E-state index in [0.717, 1.165) is 24.8 Å².